The molecule has 1 aliphatic carbocycles. The highest BCUT2D eigenvalue weighted by atomic mass is 127. The van der Waals surface area contributed by atoms with Gasteiger partial charge in [0, 0.05) is 19.1 Å². The highest BCUT2D eigenvalue weighted by Crippen LogP contribution is 2.42. The van der Waals surface area contributed by atoms with Crippen LogP contribution in [0.2, 0.25) is 0 Å². The van der Waals surface area contributed by atoms with E-state index in [9.17, 15) is 4.79 Å². The van der Waals surface area contributed by atoms with Crippen LogP contribution in [0.3, 0.4) is 0 Å². The molecular weight excluding hydrogens is 415 g/mol. The maximum Gasteiger partial charge on any atom is 0.239 e. The molecule has 0 aliphatic heterocycles. The minimum absolute atomic E-state index is 0. The van der Waals surface area contributed by atoms with E-state index >= 15 is 0 Å². The minimum Gasteiger partial charge on any atom is -0.356 e. The molecule has 0 unspecified atom stereocenters. The number of hydrogen-bond donors (Lipinski definition) is 3. The van der Waals surface area contributed by atoms with Crippen LogP contribution in [0.1, 0.15) is 66.7 Å². The molecule has 0 saturated heterocycles. The van der Waals surface area contributed by atoms with E-state index in [2.05, 4.69) is 34.8 Å². The van der Waals surface area contributed by atoms with Crippen molar-refractivity contribution < 1.29 is 4.79 Å². The van der Waals surface area contributed by atoms with Crippen LogP contribution in [-0.2, 0) is 4.79 Å². The van der Waals surface area contributed by atoms with Crippen LogP contribution in [-0.4, -0.2) is 37.5 Å². The Labute approximate surface area is 165 Å². The molecule has 0 atom stereocenters. The molecule has 0 heterocycles. The number of carbonyl (C=O) groups excluding carboxylic acids is 1. The normalized spacial score (nSPS) is 17.4. The maximum atomic E-state index is 11.9. The van der Waals surface area contributed by atoms with Gasteiger partial charge in [0.15, 0.2) is 5.96 Å². The van der Waals surface area contributed by atoms with Gasteiger partial charge in [-0.15, -0.1) is 24.0 Å². The first-order valence-corrected chi connectivity index (χ1v) is 8.91. The minimum atomic E-state index is -0.207. The molecule has 5 nitrogen and oxygen atoms in total. The molecular formula is C18H37IN4O. The Morgan fingerprint density at radius 1 is 1.17 bits per heavy atom. The zero-order valence-electron chi connectivity index (χ0n) is 16.3. The zero-order valence-corrected chi connectivity index (χ0v) is 18.6. The van der Waals surface area contributed by atoms with Crippen molar-refractivity contribution in [2.24, 2.45) is 16.3 Å². The second kappa shape index (κ2) is 10.5. The predicted octanol–water partition coefficient (Wildman–Crippen LogP) is 3.29. The van der Waals surface area contributed by atoms with Gasteiger partial charge in [0.25, 0.3) is 0 Å². The van der Waals surface area contributed by atoms with Crippen LogP contribution in [0.15, 0.2) is 4.99 Å². The smallest absolute Gasteiger partial charge is 0.239 e. The summed E-state index contributed by atoms with van der Waals surface area (Å²) in [5.74, 6) is 1.41. The Morgan fingerprint density at radius 3 is 2.21 bits per heavy atom. The maximum absolute atomic E-state index is 11.9. The quantitative estimate of drug-likeness (QED) is 0.329. The van der Waals surface area contributed by atoms with E-state index < -0.39 is 0 Å². The fourth-order valence-corrected chi connectivity index (χ4v) is 3.56. The van der Waals surface area contributed by atoms with Crippen molar-refractivity contribution in [2.45, 2.75) is 72.3 Å². The second-order valence-electron chi connectivity index (χ2n) is 8.38. The summed E-state index contributed by atoms with van der Waals surface area (Å²) in [7, 11) is 1.75. The summed E-state index contributed by atoms with van der Waals surface area (Å²) in [5, 5.41) is 9.49. The van der Waals surface area contributed by atoms with E-state index in [0.29, 0.717) is 17.3 Å². The number of rotatable bonds is 6. The zero-order chi connectivity index (χ0) is 17.5. The number of nitrogens with one attached hydrogen (secondary N) is 3. The molecule has 3 N–H and O–H groups in total. The topological polar surface area (TPSA) is 65.5 Å². The monoisotopic (exact) mass is 452 g/mol. The van der Waals surface area contributed by atoms with Gasteiger partial charge < -0.3 is 16.0 Å². The number of guanidine groups is 1. The van der Waals surface area contributed by atoms with E-state index in [-0.39, 0.29) is 42.0 Å². The molecule has 6 heteroatoms. The van der Waals surface area contributed by atoms with E-state index in [0.717, 1.165) is 6.54 Å². The summed E-state index contributed by atoms with van der Waals surface area (Å²) in [4.78, 5) is 16.1. The van der Waals surface area contributed by atoms with Crippen molar-refractivity contribution >= 4 is 35.8 Å². The highest BCUT2D eigenvalue weighted by molar-refractivity contribution is 14.0. The van der Waals surface area contributed by atoms with E-state index in [1.807, 2.05) is 20.8 Å². The average Bonchev–Trinajstić information content (AvgIpc) is 2.84. The van der Waals surface area contributed by atoms with Gasteiger partial charge in [-0.3, -0.25) is 9.79 Å². The van der Waals surface area contributed by atoms with Crippen molar-refractivity contribution in [3.63, 3.8) is 0 Å². The molecule has 1 amide bonds. The summed E-state index contributed by atoms with van der Waals surface area (Å²) >= 11 is 0. The van der Waals surface area contributed by atoms with E-state index in [4.69, 9.17) is 0 Å². The van der Waals surface area contributed by atoms with Crippen LogP contribution in [0.5, 0.6) is 0 Å². The van der Waals surface area contributed by atoms with Crippen molar-refractivity contribution in [1.82, 2.24) is 16.0 Å². The molecule has 1 rings (SSSR count). The first-order valence-electron chi connectivity index (χ1n) is 8.91. The molecule has 24 heavy (non-hydrogen) atoms. The Balaban J connectivity index is 0.00000529. The summed E-state index contributed by atoms with van der Waals surface area (Å²) in [6, 6.07) is 0. The predicted molar refractivity (Wildman–Crippen MR) is 113 cm³/mol. The first-order chi connectivity index (χ1) is 10.7. The molecule has 1 aliphatic rings. The molecule has 142 valence electrons. The van der Waals surface area contributed by atoms with Gasteiger partial charge in [-0.2, -0.15) is 0 Å². The third-order valence-electron chi connectivity index (χ3n) is 4.29. The van der Waals surface area contributed by atoms with Gasteiger partial charge in [0.05, 0.1) is 6.54 Å². The highest BCUT2D eigenvalue weighted by Gasteiger charge is 2.34. The van der Waals surface area contributed by atoms with Gasteiger partial charge in [0.1, 0.15) is 0 Å². The fraction of sp³-hybridized carbons (Fsp3) is 0.889. The Kier molecular flexibility index (Phi) is 10.2. The van der Waals surface area contributed by atoms with Crippen LogP contribution in [0.25, 0.3) is 0 Å². The summed E-state index contributed by atoms with van der Waals surface area (Å²) in [6.07, 6.45) is 6.49. The third-order valence-corrected chi connectivity index (χ3v) is 4.29. The lowest BCUT2D eigenvalue weighted by molar-refractivity contribution is -0.121. The average molecular weight is 452 g/mol. The molecule has 0 aromatic rings. The second-order valence-corrected chi connectivity index (χ2v) is 8.38. The Bertz CT molecular complexity index is 410. The molecule has 1 fully saturated rings. The molecule has 1 saturated carbocycles. The van der Waals surface area contributed by atoms with Gasteiger partial charge in [-0.05, 0) is 51.4 Å². The summed E-state index contributed by atoms with van der Waals surface area (Å²) in [5.41, 5.74) is 0.181. The first kappa shape index (κ1) is 23.5. The molecule has 0 spiro atoms. The van der Waals surface area contributed by atoms with Crippen LogP contribution in [0.4, 0.5) is 0 Å². The number of hydrogen-bond acceptors (Lipinski definition) is 2. The van der Waals surface area contributed by atoms with Crippen molar-refractivity contribution in [3.05, 3.63) is 0 Å². The number of halogens is 1. The lowest BCUT2D eigenvalue weighted by Crippen LogP contribution is -2.49. The molecule has 0 bridgehead atoms. The lowest BCUT2D eigenvalue weighted by Gasteiger charge is -2.32. The number of nitrogens with zero attached hydrogens (tertiary/aromatic N) is 1. The molecule has 0 radical (unpaired) electrons. The van der Waals surface area contributed by atoms with Crippen LogP contribution < -0.4 is 16.0 Å². The standard InChI is InChI=1S/C18H36N4O.HI/c1-14(2)11-18(9-7-8-10-18)13-21-16(19-6)20-12-15(23)22-17(3,4)5;/h14H,7-13H2,1-6H3,(H,22,23)(H2,19,20,21);1H. The van der Waals surface area contributed by atoms with Crippen molar-refractivity contribution in [3.8, 4) is 0 Å². The number of aliphatic imine (C=N–C) groups is 1. The van der Waals surface area contributed by atoms with Gasteiger partial charge in [-0.1, -0.05) is 26.7 Å². The lowest BCUT2D eigenvalue weighted by atomic mass is 9.78. The largest absolute Gasteiger partial charge is 0.356 e. The van der Waals surface area contributed by atoms with Crippen LogP contribution in [0, 0.1) is 11.3 Å². The van der Waals surface area contributed by atoms with Crippen molar-refractivity contribution in [2.75, 3.05) is 20.1 Å². The molecule has 0 aromatic heterocycles. The Hall–Kier alpha value is -0.530. The van der Waals surface area contributed by atoms with Crippen LogP contribution >= 0.6 is 24.0 Å². The summed E-state index contributed by atoms with van der Waals surface area (Å²) in [6.45, 7) is 11.7. The van der Waals surface area contributed by atoms with E-state index in [1.165, 1.54) is 32.1 Å². The number of carbonyl (C=O) groups is 1. The third kappa shape index (κ3) is 9.08. The SMILES string of the molecule is CN=C(NCC(=O)NC(C)(C)C)NCC1(CC(C)C)CCCC1.I. The fourth-order valence-electron chi connectivity index (χ4n) is 3.56. The van der Waals surface area contributed by atoms with E-state index in [1.54, 1.807) is 7.05 Å². The van der Waals surface area contributed by atoms with Gasteiger partial charge >= 0.3 is 0 Å². The van der Waals surface area contributed by atoms with Crippen molar-refractivity contribution in [1.29, 1.82) is 0 Å². The number of amides is 1. The summed E-state index contributed by atoms with van der Waals surface area (Å²) < 4.78 is 0. The Morgan fingerprint density at radius 2 is 1.75 bits per heavy atom. The van der Waals surface area contributed by atoms with Gasteiger partial charge in [0.2, 0.25) is 5.91 Å². The molecule has 0 aromatic carbocycles. The van der Waals surface area contributed by atoms with Gasteiger partial charge in [-0.25, -0.2) is 0 Å².